The Kier molecular flexibility index (Phi) is 4.35. The van der Waals surface area contributed by atoms with E-state index in [9.17, 15) is 4.79 Å². The lowest BCUT2D eigenvalue weighted by Crippen LogP contribution is -2.20. The lowest BCUT2D eigenvalue weighted by Gasteiger charge is -2.17. The molecule has 2 aromatic carbocycles. The van der Waals surface area contributed by atoms with Crippen molar-refractivity contribution in [2.24, 2.45) is 0 Å². The van der Waals surface area contributed by atoms with Crippen molar-refractivity contribution in [3.05, 3.63) is 58.8 Å². The van der Waals surface area contributed by atoms with Crippen molar-refractivity contribution in [1.82, 2.24) is 9.47 Å². The zero-order valence-electron chi connectivity index (χ0n) is 14.1. The first-order chi connectivity index (χ1) is 11.8. The number of nitrogens with zero attached hydrogens (tertiary/aromatic N) is 2. The largest absolute Gasteiger partial charge is 0.340 e. The number of unbranched alkanes of at least 4 members (excludes halogenated alkanes) is 1. The number of likely N-dealkylation sites (tertiary alicyclic amines) is 1. The number of fused-ring (bicyclic) bond motifs is 2. The van der Waals surface area contributed by atoms with Gasteiger partial charge in [-0.1, -0.05) is 24.3 Å². The molecule has 0 aliphatic carbocycles. The minimum atomic E-state index is 0.148. The van der Waals surface area contributed by atoms with Gasteiger partial charge in [-0.15, -0.1) is 0 Å². The fourth-order valence-electron chi connectivity index (χ4n) is 3.93. The number of aryl methyl sites for hydroxylation is 1. The normalized spacial score (nSPS) is 15.5. The predicted molar refractivity (Wildman–Crippen MR) is 101 cm³/mol. The molecule has 0 unspecified atom stereocenters. The molecule has 0 spiro atoms. The van der Waals surface area contributed by atoms with Crippen molar-refractivity contribution in [1.29, 1.82) is 0 Å². The van der Waals surface area contributed by atoms with Crippen molar-refractivity contribution < 1.29 is 0 Å². The van der Waals surface area contributed by atoms with Gasteiger partial charge in [-0.25, -0.2) is 0 Å². The van der Waals surface area contributed by atoms with Crippen LogP contribution in [0.5, 0.6) is 0 Å². The molecule has 0 radical (unpaired) electrons. The minimum absolute atomic E-state index is 0.148. The monoisotopic (exact) mass is 320 g/mol. The maximum atomic E-state index is 12.7. The fraction of sp³-hybridized carbons (Fsp3) is 0.381. The smallest absolute Gasteiger partial charge is 0.197 e. The summed E-state index contributed by atoms with van der Waals surface area (Å²) in [6.45, 7) is 4.71. The van der Waals surface area contributed by atoms with E-state index in [2.05, 4.69) is 21.6 Å². The highest BCUT2D eigenvalue weighted by Crippen LogP contribution is 2.20. The summed E-state index contributed by atoms with van der Waals surface area (Å²) in [7, 11) is 0. The molecule has 0 N–H and O–H groups in total. The first-order valence-electron chi connectivity index (χ1n) is 9.07. The number of para-hydroxylation sites is 2. The van der Waals surface area contributed by atoms with Crippen molar-refractivity contribution in [3.63, 3.8) is 0 Å². The van der Waals surface area contributed by atoms with Crippen molar-refractivity contribution >= 4 is 21.8 Å². The Morgan fingerprint density at radius 2 is 1.29 bits per heavy atom. The molecule has 3 nitrogen and oxygen atoms in total. The number of hydrogen-bond acceptors (Lipinski definition) is 2. The van der Waals surface area contributed by atoms with Crippen LogP contribution in [0.3, 0.4) is 0 Å². The first kappa shape index (κ1) is 15.4. The highest BCUT2D eigenvalue weighted by Gasteiger charge is 2.12. The van der Waals surface area contributed by atoms with E-state index in [-0.39, 0.29) is 5.43 Å². The third-order valence-electron chi connectivity index (χ3n) is 5.18. The molecule has 2 heterocycles. The standard InChI is InChI=1S/C21H24N2O/c24-21-17-9-1-3-11-19(17)23(20-12-4-2-10-18(20)21)16-8-7-15-22-13-5-6-14-22/h1-4,9-12H,5-8,13-16H2. The molecule has 3 aromatic rings. The van der Waals surface area contributed by atoms with Crippen LogP contribution in [0.1, 0.15) is 25.7 Å². The Bertz CT molecular complexity index is 846. The van der Waals surface area contributed by atoms with E-state index in [0.29, 0.717) is 0 Å². The van der Waals surface area contributed by atoms with Gasteiger partial charge in [-0.3, -0.25) is 4.79 Å². The van der Waals surface area contributed by atoms with E-state index in [1.165, 1.54) is 38.9 Å². The molecule has 1 aromatic heterocycles. The summed E-state index contributed by atoms with van der Waals surface area (Å²) in [5.41, 5.74) is 2.26. The van der Waals surface area contributed by atoms with Crippen molar-refractivity contribution in [2.75, 3.05) is 19.6 Å². The van der Waals surface area contributed by atoms with Gasteiger partial charge in [0.05, 0.1) is 11.0 Å². The Labute approximate surface area is 142 Å². The van der Waals surface area contributed by atoms with E-state index < -0.39 is 0 Å². The maximum absolute atomic E-state index is 12.7. The van der Waals surface area contributed by atoms with Crippen LogP contribution in [0.2, 0.25) is 0 Å². The zero-order valence-corrected chi connectivity index (χ0v) is 14.1. The van der Waals surface area contributed by atoms with Gasteiger partial charge in [0.15, 0.2) is 5.43 Å². The summed E-state index contributed by atoms with van der Waals surface area (Å²) in [5.74, 6) is 0. The summed E-state index contributed by atoms with van der Waals surface area (Å²) in [6, 6.07) is 16.0. The molecule has 1 aliphatic rings. The molecule has 1 saturated heterocycles. The molecule has 3 heteroatoms. The molecule has 1 fully saturated rings. The minimum Gasteiger partial charge on any atom is -0.340 e. The first-order valence-corrected chi connectivity index (χ1v) is 9.07. The number of pyridine rings is 1. The van der Waals surface area contributed by atoms with Gasteiger partial charge < -0.3 is 9.47 Å². The highest BCUT2D eigenvalue weighted by molar-refractivity contribution is 5.93. The number of benzene rings is 2. The summed E-state index contributed by atoms with van der Waals surface area (Å²) in [4.78, 5) is 15.3. The lowest BCUT2D eigenvalue weighted by atomic mass is 10.1. The Hall–Kier alpha value is -2.13. The molecule has 0 amide bonds. The molecule has 4 rings (SSSR count). The lowest BCUT2D eigenvalue weighted by molar-refractivity contribution is 0.327. The third-order valence-corrected chi connectivity index (χ3v) is 5.18. The molecular weight excluding hydrogens is 296 g/mol. The SMILES string of the molecule is O=c1c2ccccc2n(CCCCN2CCCC2)c2ccccc12. The van der Waals surface area contributed by atoms with Gasteiger partial charge in [-0.05, 0) is 69.6 Å². The van der Waals surface area contributed by atoms with E-state index in [0.717, 1.165) is 34.8 Å². The second-order valence-electron chi connectivity index (χ2n) is 6.77. The van der Waals surface area contributed by atoms with Crippen LogP contribution in [0.25, 0.3) is 21.8 Å². The van der Waals surface area contributed by atoms with Crippen molar-refractivity contribution in [2.45, 2.75) is 32.2 Å². The van der Waals surface area contributed by atoms with Crippen LogP contribution in [-0.2, 0) is 6.54 Å². The van der Waals surface area contributed by atoms with E-state index >= 15 is 0 Å². The maximum Gasteiger partial charge on any atom is 0.197 e. The van der Waals surface area contributed by atoms with Gasteiger partial charge in [0.25, 0.3) is 0 Å². The Balaban J connectivity index is 1.64. The van der Waals surface area contributed by atoms with Crippen LogP contribution < -0.4 is 5.43 Å². The molecule has 0 saturated carbocycles. The van der Waals surface area contributed by atoms with Gasteiger partial charge in [0, 0.05) is 17.3 Å². The van der Waals surface area contributed by atoms with E-state index in [1.54, 1.807) is 0 Å². The number of hydrogen-bond donors (Lipinski definition) is 0. The average Bonchev–Trinajstić information content (AvgIpc) is 3.14. The number of rotatable bonds is 5. The molecule has 24 heavy (non-hydrogen) atoms. The summed E-state index contributed by atoms with van der Waals surface area (Å²) in [6.07, 6.45) is 5.08. The quantitative estimate of drug-likeness (QED) is 0.524. The fourth-order valence-corrected chi connectivity index (χ4v) is 3.93. The van der Waals surface area contributed by atoms with E-state index in [4.69, 9.17) is 0 Å². The number of aromatic nitrogens is 1. The van der Waals surface area contributed by atoms with Crippen LogP contribution in [0.15, 0.2) is 53.3 Å². The molecule has 1 aliphatic heterocycles. The van der Waals surface area contributed by atoms with Crippen molar-refractivity contribution in [3.8, 4) is 0 Å². The molecule has 0 atom stereocenters. The highest BCUT2D eigenvalue weighted by atomic mass is 16.1. The second-order valence-corrected chi connectivity index (χ2v) is 6.77. The topological polar surface area (TPSA) is 25.2 Å². The van der Waals surface area contributed by atoms with Gasteiger partial charge >= 0.3 is 0 Å². The molecule has 0 bridgehead atoms. The summed E-state index contributed by atoms with van der Waals surface area (Å²) in [5, 5.41) is 1.66. The van der Waals surface area contributed by atoms with Gasteiger partial charge in [0.1, 0.15) is 0 Å². The average molecular weight is 320 g/mol. The Morgan fingerprint density at radius 3 is 1.92 bits per heavy atom. The molecular formula is C21H24N2O. The Morgan fingerprint density at radius 1 is 0.750 bits per heavy atom. The second kappa shape index (κ2) is 6.78. The van der Waals surface area contributed by atoms with Crippen LogP contribution >= 0.6 is 0 Å². The van der Waals surface area contributed by atoms with Crippen LogP contribution in [0.4, 0.5) is 0 Å². The third kappa shape index (κ3) is 2.84. The summed E-state index contributed by atoms with van der Waals surface area (Å²) >= 11 is 0. The van der Waals surface area contributed by atoms with E-state index in [1.807, 2.05) is 36.4 Å². The zero-order chi connectivity index (χ0) is 16.4. The van der Waals surface area contributed by atoms with Gasteiger partial charge in [-0.2, -0.15) is 0 Å². The summed E-state index contributed by atoms with van der Waals surface area (Å²) < 4.78 is 2.33. The van der Waals surface area contributed by atoms with Crippen LogP contribution in [-0.4, -0.2) is 29.1 Å². The molecule has 124 valence electrons. The van der Waals surface area contributed by atoms with Crippen LogP contribution in [0, 0.1) is 0 Å². The van der Waals surface area contributed by atoms with Gasteiger partial charge in [0.2, 0.25) is 0 Å². The predicted octanol–water partition coefficient (Wildman–Crippen LogP) is 4.03.